The van der Waals surface area contributed by atoms with E-state index in [4.69, 9.17) is 14.2 Å². The van der Waals surface area contributed by atoms with Gasteiger partial charge in [0.15, 0.2) is 17.2 Å². The first-order valence-corrected chi connectivity index (χ1v) is 11.0. The number of ether oxygens (including phenoxy) is 3. The van der Waals surface area contributed by atoms with Gasteiger partial charge >= 0.3 is 6.18 Å². The molecule has 0 spiro atoms. The third-order valence-electron chi connectivity index (χ3n) is 6.53. The third kappa shape index (κ3) is 5.04. The molecule has 8 nitrogen and oxygen atoms in total. The number of aliphatic hydroxyl groups is 1. The highest BCUT2D eigenvalue weighted by molar-refractivity contribution is 5.95. The van der Waals surface area contributed by atoms with E-state index in [2.05, 4.69) is 10.4 Å². The number of carbonyl (C=O) groups excluding carboxylic acids is 1. The number of nitrogens with one attached hydrogen (secondary N) is 1. The number of alkyl halides is 3. The van der Waals surface area contributed by atoms with Crippen LogP contribution in [-0.2, 0) is 20.8 Å². The number of aliphatic hydroxyl groups excluding tert-OH is 1. The molecule has 2 aromatic rings. The van der Waals surface area contributed by atoms with Crippen LogP contribution in [0.5, 0.6) is 5.75 Å². The van der Waals surface area contributed by atoms with Gasteiger partial charge in [0, 0.05) is 30.7 Å². The minimum Gasteiger partial charge on any atom is -0.493 e. The number of halogens is 5. The molecule has 13 heteroatoms. The van der Waals surface area contributed by atoms with Crippen LogP contribution >= 0.6 is 0 Å². The van der Waals surface area contributed by atoms with E-state index < -0.39 is 59.1 Å². The second-order valence-corrected chi connectivity index (χ2v) is 8.89. The summed E-state index contributed by atoms with van der Waals surface area (Å²) >= 11 is 0. The lowest BCUT2D eigenvalue weighted by molar-refractivity contribution is -0.272. The van der Waals surface area contributed by atoms with Crippen LogP contribution in [0.1, 0.15) is 31.0 Å². The Labute approximate surface area is 204 Å². The second-order valence-electron chi connectivity index (χ2n) is 8.89. The molecule has 0 saturated carbocycles. The maximum absolute atomic E-state index is 14.5. The topological polar surface area (TPSA) is 94.8 Å². The van der Waals surface area contributed by atoms with Crippen LogP contribution < -0.4 is 10.1 Å². The average Bonchev–Trinajstić information content (AvgIpc) is 3.26. The van der Waals surface area contributed by atoms with Gasteiger partial charge in [-0.2, -0.15) is 22.7 Å². The minimum absolute atomic E-state index is 0.0438. The van der Waals surface area contributed by atoms with Crippen molar-refractivity contribution in [2.45, 2.75) is 57.2 Å². The summed E-state index contributed by atoms with van der Waals surface area (Å²) in [5.74, 6) is -6.88. The van der Waals surface area contributed by atoms with Crippen molar-refractivity contribution in [2.75, 3.05) is 26.1 Å². The van der Waals surface area contributed by atoms with E-state index in [9.17, 15) is 31.9 Å². The van der Waals surface area contributed by atoms with Crippen molar-refractivity contribution in [1.29, 1.82) is 0 Å². The Bertz CT molecular complexity index is 1110. The van der Waals surface area contributed by atoms with E-state index in [1.54, 1.807) is 6.92 Å². The zero-order valence-corrected chi connectivity index (χ0v) is 20.3. The third-order valence-corrected chi connectivity index (χ3v) is 6.53. The van der Waals surface area contributed by atoms with E-state index in [0.717, 1.165) is 26.2 Å². The van der Waals surface area contributed by atoms with Crippen LogP contribution in [0.3, 0.4) is 0 Å². The molecule has 2 heterocycles. The fourth-order valence-corrected chi connectivity index (χ4v) is 4.44. The van der Waals surface area contributed by atoms with E-state index >= 15 is 0 Å². The van der Waals surface area contributed by atoms with E-state index in [-0.39, 0.29) is 24.4 Å². The van der Waals surface area contributed by atoms with Crippen LogP contribution in [0, 0.1) is 24.5 Å². The van der Waals surface area contributed by atoms with Gasteiger partial charge in [0.2, 0.25) is 5.82 Å². The Balaban J connectivity index is 1.99. The first kappa shape index (κ1) is 27.8. The van der Waals surface area contributed by atoms with Gasteiger partial charge in [-0.15, -0.1) is 0 Å². The molecule has 200 valence electrons. The normalized spacial score (nSPS) is 25.1. The number of hydrogen-bond donors (Lipinski definition) is 2. The van der Waals surface area contributed by atoms with Gasteiger partial charge in [-0.25, -0.2) is 4.39 Å². The van der Waals surface area contributed by atoms with Crippen LogP contribution in [0.15, 0.2) is 18.3 Å². The highest BCUT2D eigenvalue weighted by Gasteiger charge is 2.66. The summed E-state index contributed by atoms with van der Waals surface area (Å²) in [6.07, 6.45) is -6.08. The lowest BCUT2D eigenvalue weighted by atomic mass is 9.77. The summed E-state index contributed by atoms with van der Waals surface area (Å²) in [6, 6.07) is 1.85. The fraction of sp³-hybridized carbons (Fsp3) is 0.565. The smallest absolute Gasteiger partial charge is 0.417 e. The van der Waals surface area contributed by atoms with E-state index in [1.165, 1.54) is 24.9 Å². The van der Waals surface area contributed by atoms with Crippen molar-refractivity contribution < 1.29 is 46.1 Å². The summed E-state index contributed by atoms with van der Waals surface area (Å²) in [5.41, 5.74) is -2.39. The Morgan fingerprint density at radius 1 is 1.33 bits per heavy atom. The van der Waals surface area contributed by atoms with Gasteiger partial charge in [-0.3, -0.25) is 9.48 Å². The zero-order chi connectivity index (χ0) is 27.0. The Hall–Kier alpha value is -2.77. The SMILES string of the molecule is COC[C@@H](O)Cn1cc(NC(=O)[C@@H]2O[C@@](C)(C(F)(F)F)[C@@H](C)[C@H]2c2ccc(F)c(F)c2OC)c(C)n1. The summed E-state index contributed by atoms with van der Waals surface area (Å²) in [5, 5.41) is 16.6. The van der Waals surface area contributed by atoms with Gasteiger partial charge < -0.3 is 24.6 Å². The summed E-state index contributed by atoms with van der Waals surface area (Å²) < 4.78 is 87.0. The predicted octanol–water partition coefficient (Wildman–Crippen LogP) is 3.56. The number of carbonyl (C=O) groups is 1. The molecular weight excluding hydrogens is 493 g/mol. The largest absolute Gasteiger partial charge is 0.493 e. The number of hydrogen-bond acceptors (Lipinski definition) is 6. The molecule has 1 saturated heterocycles. The average molecular weight is 521 g/mol. The molecule has 0 radical (unpaired) electrons. The summed E-state index contributed by atoms with van der Waals surface area (Å²) in [6.45, 7) is 3.69. The maximum Gasteiger partial charge on any atom is 0.417 e. The molecular formula is C23H28F5N3O5. The number of anilines is 1. The monoisotopic (exact) mass is 521 g/mol. The molecule has 3 rings (SSSR count). The van der Waals surface area contributed by atoms with Gasteiger partial charge in [-0.05, 0) is 19.9 Å². The molecule has 0 aliphatic carbocycles. The van der Waals surface area contributed by atoms with E-state index in [1.807, 2.05) is 0 Å². The number of nitrogens with zero attached hydrogens (tertiary/aromatic N) is 2. The van der Waals surface area contributed by atoms with E-state index in [0.29, 0.717) is 5.69 Å². The number of aryl methyl sites for hydroxylation is 1. The summed E-state index contributed by atoms with van der Waals surface area (Å²) in [4.78, 5) is 13.3. The van der Waals surface area contributed by atoms with Crippen molar-refractivity contribution in [3.05, 3.63) is 41.2 Å². The Kier molecular flexibility index (Phi) is 7.96. The maximum atomic E-state index is 14.5. The first-order valence-electron chi connectivity index (χ1n) is 11.0. The molecule has 1 fully saturated rings. The van der Waals surface area contributed by atoms with Crippen molar-refractivity contribution in [3.8, 4) is 5.75 Å². The first-order chi connectivity index (χ1) is 16.7. The number of amides is 1. The quantitative estimate of drug-likeness (QED) is 0.516. The van der Waals surface area contributed by atoms with Crippen LogP contribution in [0.4, 0.5) is 27.6 Å². The van der Waals surface area contributed by atoms with Gasteiger partial charge in [-0.1, -0.05) is 13.0 Å². The van der Waals surface area contributed by atoms with Crippen LogP contribution in [-0.4, -0.2) is 65.6 Å². The molecule has 36 heavy (non-hydrogen) atoms. The van der Waals surface area contributed by atoms with Gasteiger partial charge in [0.05, 0.1) is 37.7 Å². The standard InChI is InChI=1S/C23H28F5N3O5/c1-11-17(14-6-7-15(24)18(25)19(14)35-5)20(36-22(11,3)23(26,27)28)21(33)29-16-9-31(30-12(16)2)8-13(32)10-34-4/h6-7,9,11,13,17,20,32H,8,10H2,1-5H3,(H,29,33)/t11-,13-,17-,20+,22+/m0/s1. The number of aromatic nitrogens is 2. The van der Waals surface area contributed by atoms with Crippen molar-refractivity contribution in [1.82, 2.24) is 9.78 Å². The molecule has 0 bridgehead atoms. The van der Waals surface area contributed by atoms with Crippen molar-refractivity contribution in [2.24, 2.45) is 5.92 Å². The highest BCUT2D eigenvalue weighted by atomic mass is 19.4. The summed E-state index contributed by atoms with van der Waals surface area (Å²) in [7, 11) is 2.47. The molecule has 1 aliphatic rings. The molecule has 5 atom stereocenters. The molecule has 1 aromatic carbocycles. The lowest BCUT2D eigenvalue weighted by Crippen LogP contribution is -2.47. The molecule has 1 amide bonds. The molecule has 1 aliphatic heterocycles. The number of rotatable bonds is 8. The van der Waals surface area contributed by atoms with Crippen molar-refractivity contribution >= 4 is 11.6 Å². The van der Waals surface area contributed by atoms with Crippen LogP contribution in [0.2, 0.25) is 0 Å². The second kappa shape index (κ2) is 10.3. The molecule has 1 aromatic heterocycles. The minimum atomic E-state index is -4.87. The van der Waals surface area contributed by atoms with Gasteiger partial charge in [0.25, 0.3) is 5.91 Å². The van der Waals surface area contributed by atoms with Gasteiger partial charge in [0.1, 0.15) is 6.10 Å². The number of benzene rings is 1. The zero-order valence-electron chi connectivity index (χ0n) is 20.3. The molecule has 2 N–H and O–H groups in total. The predicted molar refractivity (Wildman–Crippen MR) is 118 cm³/mol. The fourth-order valence-electron chi connectivity index (χ4n) is 4.44. The molecule has 0 unspecified atom stereocenters. The van der Waals surface area contributed by atoms with Crippen molar-refractivity contribution in [3.63, 3.8) is 0 Å². The van der Waals surface area contributed by atoms with Crippen LogP contribution in [0.25, 0.3) is 0 Å². The lowest BCUT2D eigenvalue weighted by Gasteiger charge is -2.32. The number of methoxy groups -OCH3 is 2. The Morgan fingerprint density at radius 3 is 2.58 bits per heavy atom. The Morgan fingerprint density at radius 2 is 2.00 bits per heavy atom. The highest BCUT2D eigenvalue weighted by Crippen LogP contribution is 2.55.